The van der Waals surface area contributed by atoms with Crippen molar-refractivity contribution in [1.29, 1.82) is 0 Å². The van der Waals surface area contributed by atoms with Gasteiger partial charge in [-0.3, -0.25) is 0 Å². The minimum atomic E-state index is -0.0877. The Labute approximate surface area is 133 Å². The van der Waals surface area contributed by atoms with Crippen LogP contribution < -0.4 is 15.2 Å². The first-order valence-corrected chi connectivity index (χ1v) is 8.38. The molecular weight excluding hydrogens is 276 g/mol. The van der Waals surface area contributed by atoms with Crippen LogP contribution in [0.5, 0.6) is 11.5 Å². The third-order valence-corrected chi connectivity index (χ3v) is 4.79. The molecule has 4 heteroatoms. The molecule has 1 unspecified atom stereocenters. The number of benzene rings is 1. The average Bonchev–Trinajstić information content (AvgIpc) is 2.48. The first kappa shape index (κ1) is 15.6. The maximum absolute atomic E-state index is 6.52. The molecule has 2 N–H and O–H groups in total. The number of hydrogen-bond donors (Lipinski definition) is 1. The predicted octanol–water partition coefficient (Wildman–Crippen LogP) is 2.97. The molecule has 0 aromatic heterocycles. The molecule has 0 amide bonds. The fourth-order valence-electron chi connectivity index (χ4n) is 3.47. The summed E-state index contributed by atoms with van der Waals surface area (Å²) < 4.78 is 12.4. The van der Waals surface area contributed by atoms with E-state index < -0.39 is 0 Å². The first-order chi connectivity index (χ1) is 10.5. The molecule has 1 aromatic carbocycles. The van der Waals surface area contributed by atoms with E-state index in [1.807, 2.05) is 18.2 Å². The lowest BCUT2D eigenvalue weighted by atomic mass is 9.81. The zero-order valence-corrected chi connectivity index (χ0v) is 14.0. The Morgan fingerprint density at radius 1 is 1.36 bits per heavy atom. The minimum absolute atomic E-state index is 0.00415. The van der Waals surface area contributed by atoms with Crippen LogP contribution >= 0.6 is 0 Å². The van der Waals surface area contributed by atoms with Gasteiger partial charge in [-0.15, -0.1) is 0 Å². The van der Waals surface area contributed by atoms with E-state index in [9.17, 15) is 0 Å². The molecule has 1 aromatic rings. The second-order valence-corrected chi connectivity index (χ2v) is 7.27. The molecule has 3 rings (SSSR count). The molecule has 0 radical (unpaired) electrons. The summed E-state index contributed by atoms with van der Waals surface area (Å²) in [6.45, 7) is 7.16. The van der Waals surface area contributed by atoms with Crippen molar-refractivity contribution < 1.29 is 9.47 Å². The first-order valence-electron chi connectivity index (χ1n) is 8.38. The van der Waals surface area contributed by atoms with Crippen molar-refractivity contribution in [3.8, 4) is 11.5 Å². The van der Waals surface area contributed by atoms with Gasteiger partial charge in [-0.1, -0.05) is 19.9 Å². The summed E-state index contributed by atoms with van der Waals surface area (Å²) in [5.41, 5.74) is 7.48. The van der Waals surface area contributed by atoms with E-state index >= 15 is 0 Å². The standard InChI is InChI=1S/C18H28N2O2/c1-13(2)12-21-15-5-4-6-16-17(15)14(19)11-18(22-16)7-9-20(3)10-8-18/h4-6,13-14H,7-12,19H2,1-3H3. The molecule has 1 saturated heterocycles. The second kappa shape index (κ2) is 6.09. The lowest BCUT2D eigenvalue weighted by Crippen LogP contribution is -2.50. The quantitative estimate of drug-likeness (QED) is 0.932. The molecule has 1 atom stereocenters. The van der Waals surface area contributed by atoms with E-state index in [-0.39, 0.29) is 11.6 Å². The van der Waals surface area contributed by atoms with Crippen molar-refractivity contribution in [2.45, 2.75) is 44.8 Å². The number of likely N-dealkylation sites (tertiary alicyclic amines) is 1. The molecule has 2 aliphatic rings. The van der Waals surface area contributed by atoms with Gasteiger partial charge in [-0.2, -0.15) is 0 Å². The van der Waals surface area contributed by atoms with Crippen LogP contribution in [-0.4, -0.2) is 37.2 Å². The van der Waals surface area contributed by atoms with Gasteiger partial charge >= 0.3 is 0 Å². The summed E-state index contributed by atoms with van der Waals surface area (Å²) >= 11 is 0. The summed E-state index contributed by atoms with van der Waals surface area (Å²) in [6, 6.07) is 6.05. The molecule has 0 bridgehead atoms. The van der Waals surface area contributed by atoms with Gasteiger partial charge in [-0.05, 0) is 37.9 Å². The lowest BCUT2D eigenvalue weighted by Gasteiger charge is -2.45. The van der Waals surface area contributed by atoms with Crippen LogP contribution in [0.2, 0.25) is 0 Å². The van der Waals surface area contributed by atoms with E-state index in [0.29, 0.717) is 12.5 Å². The topological polar surface area (TPSA) is 47.7 Å². The number of hydrogen-bond acceptors (Lipinski definition) is 4. The molecular formula is C18H28N2O2. The highest BCUT2D eigenvalue weighted by Gasteiger charge is 2.42. The largest absolute Gasteiger partial charge is 0.493 e. The van der Waals surface area contributed by atoms with Crippen molar-refractivity contribution in [3.63, 3.8) is 0 Å². The summed E-state index contributed by atoms with van der Waals surface area (Å²) in [5.74, 6) is 2.31. The molecule has 1 fully saturated rings. The van der Waals surface area contributed by atoms with Crippen molar-refractivity contribution in [3.05, 3.63) is 23.8 Å². The Morgan fingerprint density at radius 2 is 2.09 bits per heavy atom. The Balaban J connectivity index is 1.83. The third kappa shape index (κ3) is 3.08. The van der Waals surface area contributed by atoms with E-state index in [1.54, 1.807) is 0 Å². The highest BCUT2D eigenvalue weighted by Crippen LogP contribution is 2.46. The highest BCUT2D eigenvalue weighted by atomic mass is 16.5. The second-order valence-electron chi connectivity index (χ2n) is 7.27. The Bertz CT molecular complexity index is 522. The number of ether oxygens (including phenoxy) is 2. The number of fused-ring (bicyclic) bond motifs is 1. The van der Waals surface area contributed by atoms with Gasteiger partial charge in [0.15, 0.2) is 0 Å². The van der Waals surface area contributed by atoms with Gasteiger partial charge in [0.25, 0.3) is 0 Å². The Hall–Kier alpha value is -1.26. The fraction of sp³-hybridized carbons (Fsp3) is 0.667. The predicted molar refractivity (Wildman–Crippen MR) is 88.4 cm³/mol. The molecule has 122 valence electrons. The summed E-state index contributed by atoms with van der Waals surface area (Å²) in [5, 5.41) is 0. The van der Waals surface area contributed by atoms with E-state index in [2.05, 4.69) is 25.8 Å². The van der Waals surface area contributed by atoms with Crippen LogP contribution in [-0.2, 0) is 0 Å². The molecule has 1 spiro atoms. The van der Waals surface area contributed by atoms with Crippen LogP contribution in [0.15, 0.2) is 18.2 Å². The zero-order valence-electron chi connectivity index (χ0n) is 14.0. The summed E-state index contributed by atoms with van der Waals surface area (Å²) in [7, 11) is 2.17. The molecule has 0 aliphatic carbocycles. The molecule has 2 heterocycles. The highest BCUT2D eigenvalue weighted by molar-refractivity contribution is 5.48. The SMILES string of the molecule is CC(C)COc1cccc2c1C(N)CC1(CCN(C)CC1)O2. The Kier molecular flexibility index (Phi) is 4.33. The fourth-order valence-corrected chi connectivity index (χ4v) is 3.47. The average molecular weight is 304 g/mol. The van der Waals surface area contributed by atoms with Gasteiger partial charge in [0.1, 0.15) is 17.1 Å². The molecule has 22 heavy (non-hydrogen) atoms. The van der Waals surface area contributed by atoms with E-state index in [4.69, 9.17) is 15.2 Å². The van der Waals surface area contributed by atoms with Crippen molar-refractivity contribution in [2.24, 2.45) is 11.7 Å². The van der Waals surface area contributed by atoms with Crippen molar-refractivity contribution in [2.75, 3.05) is 26.7 Å². The monoisotopic (exact) mass is 304 g/mol. The maximum Gasteiger partial charge on any atom is 0.128 e. The molecule has 4 nitrogen and oxygen atoms in total. The van der Waals surface area contributed by atoms with Crippen LogP contribution in [0.4, 0.5) is 0 Å². The van der Waals surface area contributed by atoms with Gasteiger partial charge in [-0.25, -0.2) is 0 Å². The zero-order chi connectivity index (χ0) is 15.7. The number of nitrogens with zero attached hydrogens (tertiary/aromatic N) is 1. The summed E-state index contributed by atoms with van der Waals surface area (Å²) in [4.78, 5) is 2.36. The summed E-state index contributed by atoms with van der Waals surface area (Å²) in [6.07, 6.45) is 2.98. The van der Waals surface area contributed by atoms with Crippen LogP contribution in [0.3, 0.4) is 0 Å². The number of nitrogens with two attached hydrogens (primary N) is 1. The number of piperidine rings is 1. The van der Waals surface area contributed by atoms with Gasteiger partial charge in [0.2, 0.25) is 0 Å². The van der Waals surface area contributed by atoms with Gasteiger partial charge < -0.3 is 20.1 Å². The van der Waals surface area contributed by atoms with E-state index in [1.165, 1.54) is 0 Å². The maximum atomic E-state index is 6.52. The van der Waals surface area contributed by atoms with Crippen LogP contribution in [0.25, 0.3) is 0 Å². The lowest BCUT2D eigenvalue weighted by molar-refractivity contribution is -0.0170. The van der Waals surface area contributed by atoms with Gasteiger partial charge in [0, 0.05) is 25.6 Å². The van der Waals surface area contributed by atoms with Gasteiger partial charge in [0.05, 0.1) is 12.2 Å². The number of rotatable bonds is 3. The molecule has 2 aliphatic heterocycles. The normalized spacial score (nSPS) is 24.1. The van der Waals surface area contributed by atoms with Crippen molar-refractivity contribution >= 4 is 0 Å². The van der Waals surface area contributed by atoms with Crippen LogP contribution in [0, 0.1) is 5.92 Å². The van der Waals surface area contributed by atoms with Crippen LogP contribution in [0.1, 0.15) is 44.7 Å². The molecule has 0 saturated carbocycles. The smallest absolute Gasteiger partial charge is 0.128 e. The third-order valence-electron chi connectivity index (χ3n) is 4.79. The van der Waals surface area contributed by atoms with Crippen molar-refractivity contribution in [1.82, 2.24) is 4.90 Å². The van der Waals surface area contributed by atoms with E-state index in [0.717, 1.165) is 49.4 Å². The Morgan fingerprint density at radius 3 is 2.77 bits per heavy atom. The minimum Gasteiger partial charge on any atom is -0.493 e.